The molecule has 2 aliphatic heterocycles. The van der Waals surface area contributed by atoms with Gasteiger partial charge in [-0.3, -0.25) is 4.79 Å². The second-order valence-electron chi connectivity index (χ2n) is 16.0. The number of amides is 2. The molecule has 2 amide bonds. The maximum absolute atomic E-state index is 14.2. The quantitative estimate of drug-likeness (QED) is 0.137. The molecule has 2 aliphatic rings. The fraction of sp³-hybridized carbons (Fsp3) is 0.311. The standard InChI is InChI=1S/C20H20F2N2O.C16H13F2N.C9H17NO4/c1-20(2,23)19(25)24-12-14(16-11-15(21)8-9-17(16)22)10-18(24)13-6-4-3-5-7-13;17-13-6-7-15(18)14(9-13)12-8-16(19-10-12)11-4-2-1-3-5-11;1-8(2,3)14-7(13)10-9(4,5)6(11)12/h3-11,18H,12,23H2,1-2H3;1-9,16,19H,10H2;1-5H3,(H,10,13)(H,11,12). The van der Waals surface area contributed by atoms with Gasteiger partial charge in [0.05, 0.1) is 17.6 Å². The molecule has 0 saturated heterocycles. The van der Waals surface area contributed by atoms with Crippen LogP contribution < -0.4 is 16.4 Å². The summed E-state index contributed by atoms with van der Waals surface area (Å²) >= 11 is 0. The van der Waals surface area contributed by atoms with Crippen LogP contribution in [0.4, 0.5) is 22.4 Å². The predicted octanol–water partition coefficient (Wildman–Crippen LogP) is 8.74. The number of nitrogens with two attached hydrogens (primary N) is 1. The highest BCUT2D eigenvalue weighted by molar-refractivity contribution is 5.89. The highest BCUT2D eigenvalue weighted by Crippen LogP contribution is 2.37. The average Bonchev–Trinajstić information content (AvgIpc) is 3.82. The number of hydrogen-bond acceptors (Lipinski definition) is 6. The number of halogens is 4. The molecule has 0 radical (unpaired) electrons. The van der Waals surface area contributed by atoms with Gasteiger partial charge in [-0.05, 0) is 107 Å². The number of carbonyl (C=O) groups excluding carboxylic acids is 2. The van der Waals surface area contributed by atoms with Crippen LogP contribution in [0.2, 0.25) is 0 Å². The van der Waals surface area contributed by atoms with Crippen LogP contribution in [0.1, 0.15) is 82.8 Å². The van der Waals surface area contributed by atoms with Gasteiger partial charge >= 0.3 is 12.1 Å². The summed E-state index contributed by atoms with van der Waals surface area (Å²) in [6.07, 6.45) is 3.02. The number of carboxylic acid groups (broad SMARTS) is 1. The van der Waals surface area contributed by atoms with Gasteiger partial charge in [-0.25, -0.2) is 27.2 Å². The molecule has 13 heteroatoms. The first-order valence-corrected chi connectivity index (χ1v) is 18.6. The topological polar surface area (TPSA) is 134 Å². The van der Waals surface area contributed by atoms with Crippen molar-refractivity contribution in [3.05, 3.63) is 155 Å². The molecule has 58 heavy (non-hydrogen) atoms. The van der Waals surface area contributed by atoms with E-state index in [1.54, 1.807) is 45.6 Å². The summed E-state index contributed by atoms with van der Waals surface area (Å²) in [5, 5.41) is 14.3. The largest absolute Gasteiger partial charge is 0.480 e. The smallest absolute Gasteiger partial charge is 0.408 e. The number of nitrogens with one attached hydrogen (secondary N) is 2. The van der Waals surface area contributed by atoms with E-state index in [4.69, 9.17) is 15.6 Å². The molecule has 308 valence electrons. The second kappa shape index (κ2) is 18.6. The van der Waals surface area contributed by atoms with Crippen molar-refractivity contribution in [3.63, 3.8) is 0 Å². The molecule has 2 atom stereocenters. The van der Waals surface area contributed by atoms with Crippen molar-refractivity contribution in [3.8, 4) is 0 Å². The molecule has 0 aliphatic carbocycles. The SMILES string of the molecule is CC(C)(C)OC(=O)NC(C)(C)C(=O)O.CC(C)(N)C(=O)N1CC(c2cc(F)ccc2F)=CC1c1ccccc1.Fc1ccc(F)c(C2=CC(c3ccccc3)NC2)c1. The third kappa shape index (κ3) is 12.4. The Morgan fingerprint density at radius 1 is 0.741 bits per heavy atom. The normalized spacial score (nSPS) is 16.5. The number of hydrogen-bond donors (Lipinski definition) is 4. The third-order valence-electron chi connectivity index (χ3n) is 8.92. The number of aliphatic carboxylic acids is 1. The number of nitrogens with zero attached hydrogens (tertiary/aromatic N) is 1. The molecule has 4 aromatic carbocycles. The first-order valence-electron chi connectivity index (χ1n) is 18.6. The Bertz CT molecular complexity index is 2150. The van der Waals surface area contributed by atoms with E-state index in [0.29, 0.717) is 17.7 Å². The van der Waals surface area contributed by atoms with Gasteiger partial charge in [0.25, 0.3) is 0 Å². The van der Waals surface area contributed by atoms with Crippen LogP contribution in [0.3, 0.4) is 0 Å². The van der Waals surface area contributed by atoms with Crippen LogP contribution in [0, 0.1) is 23.3 Å². The Kier molecular flexibility index (Phi) is 14.4. The monoisotopic (exact) mass is 802 g/mol. The Morgan fingerprint density at radius 2 is 1.24 bits per heavy atom. The van der Waals surface area contributed by atoms with Gasteiger partial charge in [0.2, 0.25) is 5.91 Å². The van der Waals surface area contributed by atoms with Crippen molar-refractivity contribution >= 4 is 29.1 Å². The van der Waals surface area contributed by atoms with E-state index in [2.05, 4.69) is 10.6 Å². The number of carbonyl (C=O) groups is 3. The molecule has 0 saturated carbocycles. The summed E-state index contributed by atoms with van der Waals surface area (Å²) in [6, 6.07) is 25.9. The Balaban J connectivity index is 0.000000202. The number of alkyl carbamates (subject to hydrolysis) is 1. The van der Waals surface area contributed by atoms with Crippen LogP contribution in [-0.4, -0.2) is 57.7 Å². The zero-order chi connectivity index (χ0) is 43.0. The van der Waals surface area contributed by atoms with Crippen LogP contribution in [0.5, 0.6) is 0 Å². The van der Waals surface area contributed by atoms with Gasteiger partial charge in [-0.15, -0.1) is 0 Å². The van der Waals surface area contributed by atoms with Crippen molar-refractivity contribution in [1.29, 1.82) is 0 Å². The molecular formula is C45H50F4N4O5. The van der Waals surface area contributed by atoms with E-state index >= 15 is 0 Å². The van der Waals surface area contributed by atoms with Gasteiger partial charge in [-0.2, -0.15) is 0 Å². The maximum atomic E-state index is 14.2. The number of carboxylic acids is 1. The fourth-order valence-electron chi connectivity index (χ4n) is 5.98. The summed E-state index contributed by atoms with van der Waals surface area (Å²) in [4.78, 5) is 36.2. The summed E-state index contributed by atoms with van der Waals surface area (Å²) in [7, 11) is 0. The van der Waals surface area contributed by atoms with E-state index in [-0.39, 0.29) is 35.9 Å². The highest BCUT2D eigenvalue weighted by atomic mass is 19.1. The summed E-state index contributed by atoms with van der Waals surface area (Å²) < 4.78 is 59.6. The first kappa shape index (κ1) is 44.9. The molecule has 2 heterocycles. The molecule has 5 N–H and O–H groups in total. The molecule has 4 aromatic rings. The lowest BCUT2D eigenvalue weighted by atomic mass is 10.0. The molecule has 0 bridgehead atoms. The van der Waals surface area contributed by atoms with Crippen LogP contribution >= 0.6 is 0 Å². The van der Waals surface area contributed by atoms with Gasteiger partial charge < -0.3 is 31.1 Å². The van der Waals surface area contributed by atoms with Crippen molar-refractivity contribution in [2.75, 3.05) is 13.1 Å². The number of rotatable bonds is 7. The van der Waals surface area contributed by atoms with E-state index in [1.165, 1.54) is 26.0 Å². The molecule has 6 rings (SSSR count). The van der Waals surface area contributed by atoms with Crippen molar-refractivity contribution in [1.82, 2.24) is 15.5 Å². The summed E-state index contributed by atoms with van der Waals surface area (Å²) in [6.45, 7) is 11.9. The molecule has 9 nitrogen and oxygen atoms in total. The fourth-order valence-corrected chi connectivity index (χ4v) is 5.98. The minimum Gasteiger partial charge on any atom is -0.480 e. The lowest BCUT2D eigenvalue weighted by molar-refractivity contribution is -0.143. The van der Waals surface area contributed by atoms with Crippen LogP contribution in [0.25, 0.3) is 11.1 Å². The summed E-state index contributed by atoms with van der Waals surface area (Å²) in [5.74, 6) is -3.19. The minimum atomic E-state index is -1.32. The highest BCUT2D eigenvalue weighted by Gasteiger charge is 2.37. The Morgan fingerprint density at radius 3 is 1.72 bits per heavy atom. The molecule has 0 spiro atoms. The summed E-state index contributed by atoms with van der Waals surface area (Å²) in [5.41, 5.74) is 6.88. The minimum absolute atomic E-state index is 0.0545. The van der Waals surface area contributed by atoms with Crippen molar-refractivity contribution in [2.45, 2.75) is 77.2 Å². The van der Waals surface area contributed by atoms with Gasteiger partial charge in [-0.1, -0.05) is 72.8 Å². The van der Waals surface area contributed by atoms with E-state index in [1.807, 2.05) is 66.7 Å². The number of ether oxygens (including phenoxy) is 1. The lowest BCUT2D eigenvalue weighted by Gasteiger charge is -2.31. The number of benzene rings is 4. The second-order valence-corrected chi connectivity index (χ2v) is 16.0. The van der Waals surface area contributed by atoms with Crippen molar-refractivity contribution < 1.29 is 41.8 Å². The zero-order valence-corrected chi connectivity index (χ0v) is 33.6. The van der Waals surface area contributed by atoms with Gasteiger partial charge in [0.1, 0.15) is 34.4 Å². The van der Waals surface area contributed by atoms with E-state index in [0.717, 1.165) is 41.0 Å². The van der Waals surface area contributed by atoms with E-state index < -0.39 is 46.2 Å². The van der Waals surface area contributed by atoms with Gasteiger partial charge in [0.15, 0.2) is 0 Å². The molecule has 2 unspecified atom stereocenters. The lowest BCUT2D eigenvalue weighted by Crippen LogP contribution is -2.51. The molecular weight excluding hydrogens is 753 g/mol. The van der Waals surface area contributed by atoms with Crippen LogP contribution in [-0.2, 0) is 14.3 Å². The Hall–Kier alpha value is -5.79. The third-order valence-corrected chi connectivity index (χ3v) is 8.92. The maximum Gasteiger partial charge on any atom is 0.408 e. The first-order chi connectivity index (χ1) is 27.1. The van der Waals surface area contributed by atoms with E-state index in [9.17, 15) is 31.9 Å². The predicted molar refractivity (Wildman–Crippen MR) is 216 cm³/mol. The van der Waals surface area contributed by atoms with Crippen molar-refractivity contribution in [2.24, 2.45) is 5.73 Å². The zero-order valence-electron chi connectivity index (χ0n) is 33.6. The van der Waals surface area contributed by atoms with Crippen LogP contribution in [0.15, 0.2) is 109 Å². The average molecular weight is 803 g/mol. The Labute approximate surface area is 336 Å². The molecule has 0 aromatic heterocycles. The van der Waals surface area contributed by atoms with Gasteiger partial charge in [0, 0.05) is 24.2 Å². The molecule has 0 fully saturated rings.